The number of carbonyl (C=O) groups excluding carboxylic acids is 2. The van der Waals surface area contributed by atoms with Crippen molar-refractivity contribution in [1.29, 1.82) is 0 Å². The van der Waals surface area contributed by atoms with Crippen LogP contribution in [0.2, 0.25) is 0 Å². The van der Waals surface area contributed by atoms with Gasteiger partial charge in [0.25, 0.3) is 0 Å². The predicted molar refractivity (Wildman–Crippen MR) is 45.0 cm³/mol. The lowest BCUT2D eigenvalue weighted by atomic mass is 9.90. The molecule has 1 fully saturated rings. The van der Waals surface area contributed by atoms with Crippen LogP contribution < -0.4 is 0 Å². The Morgan fingerprint density at radius 3 is 2.69 bits per heavy atom. The van der Waals surface area contributed by atoms with E-state index in [-0.39, 0.29) is 18.0 Å². The van der Waals surface area contributed by atoms with Crippen LogP contribution in [0.4, 0.5) is 0 Å². The molecule has 1 aliphatic heterocycles. The largest absolute Gasteiger partial charge is 0.463 e. The minimum absolute atomic E-state index is 0.183. The summed E-state index contributed by atoms with van der Waals surface area (Å²) in [5, 5.41) is 0. The SMILES string of the molecule is CC(=O)OC(C)CC1(C)CC(=O)O1. The minimum atomic E-state index is -0.425. The fourth-order valence-corrected chi connectivity index (χ4v) is 1.62. The molecule has 0 N–H and O–H groups in total. The van der Waals surface area contributed by atoms with Gasteiger partial charge >= 0.3 is 11.9 Å². The van der Waals surface area contributed by atoms with Crippen molar-refractivity contribution in [2.75, 3.05) is 0 Å². The van der Waals surface area contributed by atoms with Gasteiger partial charge in [-0.1, -0.05) is 0 Å². The van der Waals surface area contributed by atoms with Gasteiger partial charge in [-0.05, 0) is 13.8 Å². The van der Waals surface area contributed by atoms with Gasteiger partial charge < -0.3 is 9.47 Å². The Hall–Kier alpha value is -1.06. The normalized spacial score (nSPS) is 28.7. The van der Waals surface area contributed by atoms with Gasteiger partial charge in [0, 0.05) is 13.3 Å². The molecule has 0 aromatic heterocycles. The average molecular weight is 186 g/mol. The maximum absolute atomic E-state index is 10.6. The van der Waals surface area contributed by atoms with Crippen molar-refractivity contribution in [1.82, 2.24) is 0 Å². The quantitative estimate of drug-likeness (QED) is 0.618. The number of ether oxygens (including phenoxy) is 2. The minimum Gasteiger partial charge on any atom is -0.463 e. The van der Waals surface area contributed by atoms with Gasteiger partial charge in [-0.25, -0.2) is 0 Å². The summed E-state index contributed by atoms with van der Waals surface area (Å²) < 4.78 is 9.88. The summed E-state index contributed by atoms with van der Waals surface area (Å²) in [5.41, 5.74) is -0.425. The maximum Gasteiger partial charge on any atom is 0.310 e. The van der Waals surface area contributed by atoms with Gasteiger partial charge in [-0.2, -0.15) is 0 Å². The van der Waals surface area contributed by atoms with Crippen molar-refractivity contribution in [2.24, 2.45) is 0 Å². The lowest BCUT2D eigenvalue weighted by Crippen LogP contribution is -2.47. The topological polar surface area (TPSA) is 52.6 Å². The molecule has 0 aliphatic carbocycles. The fourth-order valence-electron chi connectivity index (χ4n) is 1.62. The van der Waals surface area contributed by atoms with Crippen LogP contribution in [0.15, 0.2) is 0 Å². The van der Waals surface area contributed by atoms with Crippen LogP contribution in [-0.2, 0) is 19.1 Å². The Kier molecular flexibility index (Phi) is 2.59. The second-order valence-electron chi connectivity index (χ2n) is 3.72. The molecule has 2 unspecified atom stereocenters. The van der Waals surface area contributed by atoms with E-state index < -0.39 is 5.60 Å². The standard InChI is InChI=1S/C9H14O4/c1-6(12-7(2)10)4-9(3)5-8(11)13-9/h6H,4-5H2,1-3H3. The molecule has 0 amide bonds. The van der Waals surface area contributed by atoms with Crippen LogP contribution in [0.5, 0.6) is 0 Å². The van der Waals surface area contributed by atoms with Gasteiger partial charge in [0.15, 0.2) is 0 Å². The third kappa shape index (κ3) is 2.72. The Balaban J connectivity index is 2.32. The van der Waals surface area contributed by atoms with E-state index in [4.69, 9.17) is 9.47 Å². The first-order valence-electron chi connectivity index (χ1n) is 4.30. The van der Waals surface area contributed by atoms with Crippen molar-refractivity contribution in [3.63, 3.8) is 0 Å². The molecule has 0 aromatic carbocycles. The Labute approximate surface area is 77.2 Å². The summed E-state index contributed by atoms with van der Waals surface area (Å²) in [6.07, 6.45) is 0.785. The first-order chi connectivity index (χ1) is 5.91. The highest BCUT2D eigenvalue weighted by atomic mass is 16.6. The van der Waals surface area contributed by atoms with Gasteiger partial charge in [-0.15, -0.1) is 0 Å². The average Bonchev–Trinajstić information content (AvgIpc) is 1.79. The van der Waals surface area contributed by atoms with Gasteiger partial charge in [-0.3, -0.25) is 9.59 Å². The molecule has 4 nitrogen and oxygen atoms in total. The summed E-state index contributed by atoms with van der Waals surface area (Å²) in [5.74, 6) is -0.487. The van der Waals surface area contributed by atoms with Crippen molar-refractivity contribution in [3.05, 3.63) is 0 Å². The molecule has 2 atom stereocenters. The van der Waals surface area contributed by atoms with E-state index in [1.807, 2.05) is 6.92 Å². The monoisotopic (exact) mass is 186 g/mol. The second-order valence-corrected chi connectivity index (χ2v) is 3.72. The second kappa shape index (κ2) is 3.36. The van der Waals surface area contributed by atoms with Crippen molar-refractivity contribution < 1.29 is 19.1 Å². The van der Waals surface area contributed by atoms with Crippen molar-refractivity contribution in [2.45, 2.75) is 45.3 Å². The van der Waals surface area contributed by atoms with Crippen molar-refractivity contribution in [3.8, 4) is 0 Å². The molecule has 1 rings (SSSR count). The molecule has 0 saturated carbocycles. The molecule has 74 valence electrons. The van der Waals surface area contributed by atoms with E-state index in [9.17, 15) is 9.59 Å². The number of esters is 2. The van der Waals surface area contributed by atoms with Crippen LogP contribution in [0.1, 0.15) is 33.6 Å². The van der Waals surface area contributed by atoms with Crippen LogP contribution >= 0.6 is 0 Å². The third-order valence-corrected chi connectivity index (χ3v) is 1.96. The molecule has 0 radical (unpaired) electrons. The number of cyclic esters (lactones) is 1. The first-order valence-corrected chi connectivity index (χ1v) is 4.30. The molecule has 13 heavy (non-hydrogen) atoms. The summed E-state index contributed by atoms with van der Waals surface area (Å²) in [6.45, 7) is 5.00. The highest BCUT2D eigenvalue weighted by Crippen LogP contribution is 2.32. The lowest BCUT2D eigenvalue weighted by molar-refractivity contribution is -0.193. The maximum atomic E-state index is 10.6. The number of hydrogen-bond acceptors (Lipinski definition) is 4. The summed E-state index contributed by atoms with van der Waals surface area (Å²) in [4.78, 5) is 21.2. The first kappa shape index (κ1) is 10.0. The molecule has 0 bridgehead atoms. The molecule has 1 saturated heterocycles. The summed E-state index contributed by atoms with van der Waals surface area (Å²) in [7, 11) is 0. The highest BCUT2D eigenvalue weighted by molar-refractivity contribution is 5.76. The summed E-state index contributed by atoms with van der Waals surface area (Å²) >= 11 is 0. The third-order valence-electron chi connectivity index (χ3n) is 1.96. The fraction of sp³-hybridized carbons (Fsp3) is 0.778. The van der Waals surface area contributed by atoms with Gasteiger partial charge in [0.2, 0.25) is 0 Å². The van der Waals surface area contributed by atoms with E-state index >= 15 is 0 Å². The Bertz CT molecular complexity index is 226. The van der Waals surface area contributed by atoms with Gasteiger partial charge in [0.1, 0.15) is 11.7 Å². The zero-order chi connectivity index (χ0) is 10.1. The smallest absolute Gasteiger partial charge is 0.310 e. The zero-order valence-electron chi connectivity index (χ0n) is 8.12. The summed E-state index contributed by atoms with van der Waals surface area (Å²) in [6, 6.07) is 0. The number of carbonyl (C=O) groups is 2. The number of hydrogen-bond donors (Lipinski definition) is 0. The highest BCUT2D eigenvalue weighted by Gasteiger charge is 2.42. The van der Waals surface area contributed by atoms with Crippen LogP contribution in [0.3, 0.4) is 0 Å². The molecule has 0 aromatic rings. The van der Waals surface area contributed by atoms with Gasteiger partial charge in [0.05, 0.1) is 6.42 Å². The molecule has 1 aliphatic rings. The van der Waals surface area contributed by atoms with E-state index in [2.05, 4.69) is 0 Å². The Morgan fingerprint density at radius 1 is 1.77 bits per heavy atom. The Morgan fingerprint density at radius 2 is 2.31 bits per heavy atom. The molecule has 1 heterocycles. The van der Waals surface area contributed by atoms with Crippen LogP contribution in [0.25, 0.3) is 0 Å². The van der Waals surface area contributed by atoms with E-state index in [1.54, 1.807) is 6.92 Å². The molecular weight excluding hydrogens is 172 g/mol. The number of rotatable bonds is 3. The van der Waals surface area contributed by atoms with Crippen LogP contribution in [0, 0.1) is 0 Å². The molecule has 4 heteroatoms. The van der Waals surface area contributed by atoms with Crippen molar-refractivity contribution >= 4 is 11.9 Å². The van der Waals surface area contributed by atoms with E-state index in [0.717, 1.165) is 0 Å². The van der Waals surface area contributed by atoms with E-state index in [0.29, 0.717) is 12.8 Å². The predicted octanol–water partition coefficient (Wildman–Crippen LogP) is 1.03. The molecule has 0 spiro atoms. The van der Waals surface area contributed by atoms with E-state index in [1.165, 1.54) is 6.92 Å². The zero-order valence-corrected chi connectivity index (χ0v) is 8.12. The van der Waals surface area contributed by atoms with Crippen LogP contribution in [-0.4, -0.2) is 23.6 Å². The lowest BCUT2D eigenvalue weighted by Gasteiger charge is -2.38. The molecular formula is C9H14O4.